The number of hydrogen-bond acceptors (Lipinski definition) is 9. The van der Waals surface area contributed by atoms with E-state index in [-0.39, 0.29) is 31.2 Å². The summed E-state index contributed by atoms with van der Waals surface area (Å²) in [6.45, 7) is 7.41. The minimum atomic E-state index is -0.703. The van der Waals surface area contributed by atoms with E-state index in [9.17, 15) is 14.4 Å². The Kier molecular flexibility index (Phi) is 7.32. The number of piperazine rings is 1. The maximum Gasteiger partial charge on any atom is 0.417 e. The van der Waals surface area contributed by atoms with Gasteiger partial charge >= 0.3 is 12.1 Å². The monoisotopic (exact) mass is 464 g/mol. The fraction of sp³-hybridized carbons (Fsp3) is 0.682. The van der Waals surface area contributed by atoms with E-state index in [4.69, 9.17) is 9.47 Å². The molecule has 1 spiro atoms. The lowest BCUT2D eigenvalue weighted by Crippen LogP contribution is -2.67. The molecule has 0 radical (unpaired) electrons. The maximum absolute atomic E-state index is 13.1. The summed E-state index contributed by atoms with van der Waals surface area (Å²) in [5.74, 6) is -0.514. The van der Waals surface area contributed by atoms with Gasteiger partial charge in [-0.1, -0.05) is 31.0 Å². The van der Waals surface area contributed by atoms with Crippen molar-refractivity contribution in [3.63, 3.8) is 0 Å². The Bertz CT molecular complexity index is 880. The lowest BCUT2D eigenvalue weighted by Gasteiger charge is -2.52. The fourth-order valence-electron chi connectivity index (χ4n) is 4.29. The van der Waals surface area contributed by atoms with E-state index < -0.39 is 23.2 Å². The van der Waals surface area contributed by atoms with Crippen molar-refractivity contribution in [2.24, 2.45) is 0 Å². The molecule has 1 aliphatic carbocycles. The van der Waals surface area contributed by atoms with E-state index in [1.807, 2.05) is 11.2 Å². The second-order valence-corrected chi connectivity index (χ2v) is 9.92. The van der Waals surface area contributed by atoms with Crippen LogP contribution in [0.4, 0.5) is 10.6 Å². The third-order valence-corrected chi connectivity index (χ3v) is 6.26. The first-order valence-corrected chi connectivity index (χ1v) is 12.2. The highest BCUT2D eigenvalue weighted by molar-refractivity contribution is 7.98. The Hall–Kier alpha value is -2.36. The summed E-state index contributed by atoms with van der Waals surface area (Å²) in [6.07, 6.45) is 7.24. The number of amides is 2. The van der Waals surface area contributed by atoms with Crippen LogP contribution < -0.4 is 4.90 Å². The van der Waals surface area contributed by atoms with Gasteiger partial charge in [0.25, 0.3) is 5.91 Å². The molecule has 9 nitrogen and oxygen atoms in total. The molecule has 32 heavy (non-hydrogen) atoms. The van der Waals surface area contributed by atoms with E-state index in [1.165, 1.54) is 22.9 Å². The first kappa shape index (κ1) is 24.3. The lowest BCUT2D eigenvalue weighted by molar-refractivity contribution is -0.132. The summed E-state index contributed by atoms with van der Waals surface area (Å²) in [7, 11) is 0. The number of nitrogens with zero attached hydrogens (tertiary/aromatic N) is 4. The van der Waals surface area contributed by atoms with E-state index in [1.54, 1.807) is 27.7 Å². The number of anilines is 1. The van der Waals surface area contributed by atoms with Crippen LogP contribution in [0.25, 0.3) is 0 Å². The molecule has 10 heteroatoms. The van der Waals surface area contributed by atoms with Gasteiger partial charge in [-0.05, 0) is 46.8 Å². The van der Waals surface area contributed by atoms with Crippen molar-refractivity contribution < 1.29 is 23.9 Å². The Labute approximate surface area is 193 Å². The summed E-state index contributed by atoms with van der Waals surface area (Å²) >= 11 is 1.36. The summed E-state index contributed by atoms with van der Waals surface area (Å²) in [5, 5.41) is 0.501. The zero-order valence-corrected chi connectivity index (χ0v) is 20.3. The SMILES string of the molecule is CCOC(=O)c1cnc(SC)nc1N1CC(=O)N(C(=O)OC(C)(C)C)CC12CCCCC2. The topological polar surface area (TPSA) is 102 Å². The van der Waals surface area contributed by atoms with Crippen molar-refractivity contribution in [1.82, 2.24) is 14.9 Å². The predicted molar refractivity (Wildman–Crippen MR) is 121 cm³/mol. The zero-order valence-electron chi connectivity index (χ0n) is 19.5. The lowest BCUT2D eigenvalue weighted by atomic mass is 9.78. The summed E-state index contributed by atoms with van der Waals surface area (Å²) in [5.41, 5.74) is -0.993. The summed E-state index contributed by atoms with van der Waals surface area (Å²) in [4.78, 5) is 50.6. The molecule has 1 aromatic heterocycles. The second-order valence-electron chi connectivity index (χ2n) is 9.15. The van der Waals surface area contributed by atoms with Crippen LogP contribution >= 0.6 is 11.8 Å². The third kappa shape index (κ3) is 5.16. The highest BCUT2D eigenvalue weighted by atomic mass is 32.2. The van der Waals surface area contributed by atoms with Crippen LogP contribution in [0.2, 0.25) is 0 Å². The largest absolute Gasteiger partial charge is 0.462 e. The summed E-state index contributed by atoms with van der Waals surface area (Å²) < 4.78 is 10.7. The number of hydrogen-bond donors (Lipinski definition) is 0. The molecule has 0 bridgehead atoms. The molecule has 2 fully saturated rings. The first-order valence-electron chi connectivity index (χ1n) is 11.0. The van der Waals surface area contributed by atoms with Crippen LogP contribution in [0.15, 0.2) is 11.4 Å². The van der Waals surface area contributed by atoms with Gasteiger partial charge in [-0.25, -0.2) is 24.5 Å². The smallest absolute Gasteiger partial charge is 0.417 e. The van der Waals surface area contributed by atoms with Crippen molar-refractivity contribution in [3.8, 4) is 0 Å². The molecule has 2 heterocycles. The molecule has 176 valence electrons. The number of rotatable bonds is 4. The van der Waals surface area contributed by atoms with Gasteiger partial charge in [-0.3, -0.25) is 4.79 Å². The Balaban J connectivity index is 2.04. The third-order valence-electron chi connectivity index (χ3n) is 5.70. The van der Waals surface area contributed by atoms with Gasteiger partial charge in [0.05, 0.1) is 25.2 Å². The number of ether oxygens (including phenoxy) is 2. The predicted octanol–water partition coefficient (Wildman–Crippen LogP) is 3.66. The second kappa shape index (κ2) is 9.64. The Morgan fingerprint density at radius 1 is 1.22 bits per heavy atom. The highest BCUT2D eigenvalue weighted by Gasteiger charge is 2.49. The van der Waals surface area contributed by atoms with Gasteiger partial charge in [0.15, 0.2) is 5.16 Å². The van der Waals surface area contributed by atoms with Crippen LogP contribution in [-0.2, 0) is 14.3 Å². The average Bonchev–Trinajstić information content (AvgIpc) is 2.74. The van der Waals surface area contributed by atoms with E-state index in [0.717, 1.165) is 32.1 Å². The average molecular weight is 465 g/mol. The zero-order chi connectivity index (χ0) is 23.5. The molecule has 3 rings (SSSR count). The number of esters is 1. The van der Waals surface area contributed by atoms with Crippen LogP contribution in [-0.4, -0.2) is 69.9 Å². The molecule has 0 aromatic carbocycles. The molecule has 1 saturated heterocycles. The number of aromatic nitrogens is 2. The van der Waals surface area contributed by atoms with E-state index in [2.05, 4.69) is 9.97 Å². The van der Waals surface area contributed by atoms with Crippen molar-refractivity contribution in [1.29, 1.82) is 0 Å². The van der Waals surface area contributed by atoms with Crippen LogP contribution in [0.1, 0.15) is 70.2 Å². The van der Waals surface area contributed by atoms with Crippen molar-refractivity contribution >= 4 is 35.5 Å². The maximum atomic E-state index is 13.1. The van der Waals surface area contributed by atoms with Crippen LogP contribution in [0, 0.1) is 0 Å². The Morgan fingerprint density at radius 2 is 1.91 bits per heavy atom. The molecule has 2 amide bonds. The number of carbonyl (C=O) groups is 3. The number of thioether (sulfide) groups is 1. The van der Waals surface area contributed by atoms with Crippen molar-refractivity contribution in [2.75, 3.05) is 30.9 Å². The minimum absolute atomic E-state index is 0.0729. The molecule has 1 aromatic rings. The molecule has 1 aliphatic heterocycles. The standard InChI is InChI=1S/C22H32N4O5S/c1-6-30-18(28)15-12-23-19(32-5)24-17(15)26-13-16(27)25(20(29)31-21(2,3)4)14-22(26)10-8-7-9-11-22/h12H,6-11,13-14H2,1-5H3. The van der Waals surface area contributed by atoms with Gasteiger partial charge in [-0.2, -0.15) is 0 Å². The van der Waals surface area contributed by atoms with Gasteiger partial charge in [0.1, 0.15) is 17.0 Å². The summed E-state index contributed by atoms with van der Waals surface area (Å²) in [6, 6.07) is 0. The van der Waals surface area contributed by atoms with Crippen LogP contribution in [0.3, 0.4) is 0 Å². The fourth-order valence-corrected chi connectivity index (χ4v) is 4.63. The highest BCUT2D eigenvalue weighted by Crippen LogP contribution is 2.41. The molecule has 0 N–H and O–H groups in total. The minimum Gasteiger partial charge on any atom is -0.462 e. The molecule has 0 atom stereocenters. The van der Waals surface area contributed by atoms with Crippen molar-refractivity contribution in [2.45, 2.75) is 76.1 Å². The molecule has 2 aliphatic rings. The number of carbonyl (C=O) groups excluding carboxylic acids is 3. The molecular formula is C22H32N4O5S. The Morgan fingerprint density at radius 3 is 2.50 bits per heavy atom. The van der Waals surface area contributed by atoms with Gasteiger partial charge < -0.3 is 14.4 Å². The van der Waals surface area contributed by atoms with E-state index >= 15 is 0 Å². The first-order chi connectivity index (χ1) is 15.1. The van der Waals surface area contributed by atoms with Crippen LogP contribution in [0.5, 0.6) is 0 Å². The van der Waals surface area contributed by atoms with Gasteiger partial charge in [-0.15, -0.1) is 0 Å². The van der Waals surface area contributed by atoms with Gasteiger partial charge in [0, 0.05) is 6.20 Å². The molecule has 0 unspecified atom stereocenters. The molecule has 1 saturated carbocycles. The van der Waals surface area contributed by atoms with E-state index in [0.29, 0.717) is 11.0 Å². The van der Waals surface area contributed by atoms with Gasteiger partial charge in [0.2, 0.25) is 0 Å². The normalized spacial score (nSPS) is 18.6. The quantitative estimate of drug-likeness (QED) is 0.375. The number of imide groups is 1. The van der Waals surface area contributed by atoms with Crippen molar-refractivity contribution in [3.05, 3.63) is 11.8 Å². The molecular weight excluding hydrogens is 432 g/mol.